The summed E-state index contributed by atoms with van der Waals surface area (Å²) in [6, 6.07) is 11.9. The molecule has 2 aromatic heterocycles. The zero-order valence-electron chi connectivity index (χ0n) is 22.1. The molecule has 0 saturated carbocycles. The number of nitrogens with one attached hydrogen (secondary N) is 1. The molecule has 1 aromatic carbocycles. The first-order chi connectivity index (χ1) is 18.6. The Kier molecular flexibility index (Phi) is 7.37. The lowest BCUT2D eigenvalue weighted by Gasteiger charge is -2.42. The van der Waals surface area contributed by atoms with Crippen molar-refractivity contribution in [3.63, 3.8) is 0 Å². The van der Waals surface area contributed by atoms with Crippen LogP contribution in [0.3, 0.4) is 0 Å². The van der Waals surface area contributed by atoms with Crippen LogP contribution in [0.25, 0.3) is 0 Å². The van der Waals surface area contributed by atoms with E-state index < -0.39 is 5.92 Å². The van der Waals surface area contributed by atoms with Gasteiger partial charge in [-0.3, -0.25) is 14.5 Å². The summed E-state index contributed by atoms with van der Waals surface area (Å²) in [5.41, 5.74) is 11.0. The molecule has 1 amide bonds. The maximum absolute atomic E-state index is 13.5. The number of hydrogen-bond acceptors (Lipinski definition) is 10. The van der Waals surface area contributed by atoms with Crippen molar-refractivity contribution in [1.29, 1.82) is 5.26 Å². The lowest BCUT2D eigenvalue weighted by Crippen LogP contribution is -2.42. The molecule has 0 spiro atoms. The van der Waals surface area contributed by atoms with E-state index >= 15 is 0 Å². The van der Waals surface area contributed by atoms with E-state index in [9.17, 15) is 14.9 Å². The molecular formula is C28H28N6O2S3. The van der Waals surface area contributed by atoms with Gasteiger partial charge in [-0.25, -0.2) is 0 Å². The molecule has 3 N–H and O–H groups in total. The molecule has 11 heteroatoms. The lowest BCUT2D eigenvalue weighted by molar-refractivity contribution is -0.118. The molecule has 2 aliphatic rings. The van der Waals surface area contributed by atoms with E-state index in [0.29, 0.717) is 33.5 Å². The molecule has 1 atom stereocenters. The van der Waals surface area contributed by atoms with Crippen molar-refractivity contribution in [2.45, 2.75) is 50.8 Å². The largest absolute Gasteiger partial charge is 0.384 e. The van der Waals surface area contributed by atoms with Crippen molar-refractivity contribution in [2.75, 3.05) is 16.0 Å². The fourth-order valence-electron chi connectivity index (χ4n) is 5.02. The number of hydrogen-bond donors (Lipinski definition) is 2. The Morgan fingerprint density at radius 2 is 2.05 bits per heavy atom. The van der Waals surface area contributed by atoms with Crippen LogP contribution in [-0.4, -0.2) is 27.6 Å². The molecule has 3 aromatic rings. The first kappa shape index (κ1) is 27.1. The predicted molar refractivity (Wildman–Crippen MR) is 157 cm³/mol. The van der Waals surface area contributed by atoms with Gasteiger partial charge in [0.25, 0.3) is 0 Å². The number of nitrogens with two attached hydrogens (primary N) is 1. The molecule has 3 heterocycles. The molecule has 0 fully saturated rings. The molecule has 200 valence electrons. The number of allylic oxidation sites excluding steroid dienone is 3. The Balaban J connectivity index is 1.43. The second-order valence-corrected chi connectivity index (χ2v) is 13.6. The van der Waals surface area contributed by atoms with Crippen molar-refractivity contribution < 1.29 is 9.59 Å². The summed E-state index contributed by atoms with van der Waals surface area (Å²) in [6.07, 6.45) is 1.00. The average molecular weight is 577 g/mol. The number of aromatic nitrogens is 2. The number of anilines is 2. The minimum Gasteiger partial charge on any atom is -0.384 e. The summed E-state index contributed by atoms with van der Waals surface area (Å²) in [4.78, 5) is 28.8. The van der Waals surface area contributed by atoms with E-state index in [-0.39, 0.29) is 28.7 Å². The second kappa shape index (κ2) is 10.6. The maximum Gasteiger partial charge on any atom is 0.234 e. The standard InChI is InChI=1S/C28H28N6O2S3/c1-15-7-5-8-18(16(15)2)31-22(36)14-38-27-33-32-26(39-27)34-19-11-28(3,4)12-20(35)24(19)23(17(13-29)25(34)30)21-9-6-10-37-21/h5-10,23H,11-12,14,30H2,1-4H3,(H,31,36). The van der Waals surface area contributed by atoms with Gasteiger partial charge in [-0.05, 0) is 54.3 Å². The molecule has 39 heavy (non-hydrogen) atoms. The van der Waals surface area contributed by atoms with Gasteiger partial charge in [0, 0.05) is 28.3 Å². The van der Waals surface area contributed by atoms with Crippen molar-refractivity contribution in [3.8, 4) is 6.07 Å². The number of nitrogens with zero attached hydrogens (tertiary/aromatic N) is 4. The van der Waals surface area contributed by atoms with Crippen molar-refractivity contribution in [3.05, 3.63) is 74.4 Å². The Morgan fingerprint density at radius 1 is 1.26 bits per heavy atom. The van der Waals surface area contributed by atoms with E-state index in [1.54, 1.807) is 4.90 Å². The molecule has 0 saturated heterocycles. The van der Waals surface area contributed by atoms with Gasteiger partial charge in [0.2, 0.25) is 11.0 Å². The highest BCUT2D eigenvalue weighted by molar-refractivity contribution is 8.01. The molecule has 0 bridgehead atoms. The Hall–Kier alpha value is -3.46. The van der Waals surface area contributed by atoms with Crippen molar-refractivity contribution in [2.24, 2.45) is 11.1 Å². The molecule has 1 aliphatic carbocycles. The van der Waals surface area contributed by atoms with Gasteiger partial charge < -0.3 is 11.1 Å². The molecule has 0 radical (unpaired) electrons. The fraction of sp³-hybridized carbons (Fsp3) is 0.321. The Bertz CT molecular complexity index is 1560. The van der Waals surface area contributed by atoms with Gasteiger partial charge in [0.05, 0.1) is 23.3 Å². The van der Waals surface area contributed by atoms with Crippen LogP contribution in [0.1, 0.15) is 48.6 Å². The number of nitriles is 1. The van der Waals surface area contributed by atoms with Crippen molar-refractivity contribution in [1.82, 2.24) is 10.2 Å². The highest BCUT2D eigenvalue weighted by Gasteiger charge is 2.45. The maximum atomic E-state index is 13.5. The van der Waals surface area contributed by atoms with Gasteiger partial charge in [0.1, 0.15) is 5.82 Å². The third-order valence-corrected chi connectivity index (χ3v) is 9.98. The monoisotopic (exact) mass is 576 g/mol. The zero-order valence-corrected chi connectivity index (χ0v) is 24.5. The van der Waals surface area contributed by atoms with Crippen LogP contribution in [0, 0.1) is 30.6 Å². The van der Waals surface area contributed by atoms with Crippen LogP contribution in [0.5, 0.6) is 0 Å². The predicted octanol–water partition coefficient (Wildman–Crippen LogP) is 5.89. The average Bonchev–Trinajstić information content (AvgIpc) is 3.57. The number of thiophene rings is 1. The number of amides is 1. The van der Waals surface area contributed by atoms with Crippen LogP contribution < -0.4 is 16.0 Å². The Morgan fingerprint density at radius 3 is 2.77 bits per heavy atom. The summed E-state index contributed by atoms with van der Waals surface area (Å²) >= 11 is 4.08. The van der Waals surface area contributed by atoms with Gasteiger partial charge in [-0.1, -0.05) is 55.1 Å². The topological polar surface area (TPSA) is 125 Å². The summed E-state index contributed by atoms with van der Waals surface area (Å²) in [5.74, 6) is -0.178. The first-order valence-corrected chi connectivity index (χ1v) is 15.1. The van der Waals surface area contributed by atoms with Gasteiger partial charge in [-0.15, -0.1) is 21.5 Å². The number of aryl methyl sites for hydroxylation is 1. The van der Waals surface area contributed by atoms with Gasteiger partial charge in [0.15, 0.2) is 10.1 Å². The third kappa shape index (κ3) is 5.24. The lowest BCUT2D eigenvalue weighted by atomic mass is 9.70. The van der Waals surface area contributed by atoms with Gasteiger partial charge >= 0.3 is 0 Å². The number of carbonyl (C=O) groups is 2. The van der Waals surface area contributed by atoms with E-state index in [1.807, 2.05) is 49.6 Å². The smallest absolute Gasteiger partial charge is 0.234 e. The molecular weight excluding hydrogens is 549 g/mol. The molecule has 5 rings (SSSR count). The number of carbonyl (C=O) groups excluding carboxylic acids is 2. The summed E-state index contributed by atoms with van der Waals surface area (Å²) in [6.45, 7) is 8.10. The SMILES string of the molecule is Cc1cccc(NC(=O)CSc2nnc(N3C(N)=C(C#N)C(c4cccs4)C4=C3CC(C)(C)CC4=O)s2)c1C. The number of rotatable bonds is 6. The molecule has 8 nitrogen and oxygen atoms in total. The normalized spacial score (nSPS) is 18.7. The van der Waals surface area contributed by atoms with Crippen LogP contribution in [0.2, 0.25) is 0 Å². The first-order valence-electron chi connectivity index (χ1n) is 12.4. The second-order valence-electron chi connectivity index (χ2n) is 10.4. The quantitative estimate of drug-likeness (QED) is 0.348. The zero-order chi connectivity index (χ0) is 27.9. The van der Waals surface area contributed by atoms with Crippen LogP contribution in [0.4, 0.5) is 10.8 Å². The molecule has 1 unspecified atom stereocenters. The van der Waals surface area contributed by atoms with Crippen LogP contribution >= 0.6 is 34.4 Å². The van der Waals surface area contributed by atoms with E-state index in [0.717, 1.165) is 27.4 Å². The van der Waals surface area contributed by atoms with Crippen LogP contribution in [-0.2, 0) is 9.59 Å². The third-order valence-electron chi connectivity index (χ3n) is 7.00. The van der Waals surface area contributed by atoms with Crippen LogP contribution in [0.15, 0.2) is 62.7 Å². The molecule has 1 aliphatic heterocycles. The Labute approximate surface area is 239 Å². The number of ketones is 1. The van der Waals surface area contributed by atoms with E-state index in [4.69, 9.17) is 5.73 Å². The minimum atomic E-state index is -0.486. The number of Topliss-reactive ketones (excluding diaryl/α,β-unsaturated/α-hetero) is 1. The van der Waals surface area contributed by atoms with Gasteiger partial charge in [-0.2, -0.15) is 5.26 Å². The number of benzene rings is 1. The van der Waals surface area contributed by atoms with E-state index in [1.165, 1.54) is 34.4 Å². The minimum absolute atomic E-state index is 0.0205. The highest BCUT2D eigenvalue weighted by atomic mass is 32.2. The number of thioether (sulfide) groups is 1. The fourth-order valence-corrected chi connectivity index (χ4v) is 7.54. The summed E-state index contributed by atoms with van der Waals surface area (Å²) in [5, 5.41) is 24.2. The summed E-state index contributed by atoms with van der Waals surface area (Å²) < 4.78 is 0.594. The summed E-state index contributed by atoms with van der Waals surface area (Å²) in [7, 11) is 0. The van der Waals surface area contributed by atoms with Crippen molar-refractivity contribution >= 4 is 56.9 Å². The van der Waals surface area contributed by atoms with E-state index in [2.05, 4.69) is 35.4 Å². The highest BCUT2D eigenvalue weighted by Crippen LogP contribution is 2.51.